The summed E-state index contributed by atoms with van der Waals surface area (Å²) in [5.74, 6) is 2.29. The van der Waals surface area contributed by atoms with Crippen molar-refractivity contribution in [2.45, 2.75) is 39.7 Å². The summed E-state index contributed by atoms with van der Waals surface area (Å²) in [5, 5.41) is 10.2. The minimum Gasteiger partial charge on any atom is -0.491 e. The summed E-state index contributed by atoms with van der Waals surface area (Å²) in [6.45, 7) is 9.98. The van der Waals surface area contributed by atoms with Crippen molar-refractivity contribution in [3.63, 3.8) is 0 Å². The van der Waals surface area contributed by atoms with Gasteiger partial charge in [-0.25, -0.2) is 0 Å². The average Bonchev–Trinajstić information content (AvgIpc) is 2.44. The molecule has 21 heavy (non-hydrogen) atoms. The number of piperidine rings is 1. The first kappa shape index (κ1) is 16.3. The molecule has 0 spiro atoms. The van der Waals surface area contributed by atoms with Crippen LogP contribution in [0.5, 0.6) is 5.75 Å². The van der Waals surface area contributed by atoms with Crippen molar-refractivity contribution in [3.05, 3.63) is 29.8 Å². The van der Waals surface area contributed by atoms with Crippen LogP contribution in [0.3, 0.4) is 0 Å². The van der Waals surface area contributed by atoms with Crippen LogP contribution in [-0.4, -0.2) is 42.4 Å². The molecule has 3 atom stereocenters. The number of hydrogen-bond donors (Lipinski definition) is 1. The van der Waals surface area contributed by atoms with E-state index in [1.54, 1.807) is 0 Å². The molecule has 1 heterocycles. The smallest absolute Gasteiger partial charge is 0.119 e. The Morgan fingerprint density at radius 2 is 1.81 bits per heavy atom. The van der Waals surface area contributed by atoms with Gasteiger partial charge in [0.2, 0.25) is 0 Å². The molecule has 2 rings (SSSR count). The predicted molar refractivity (Wildman–Crippen MR) is 86.7 cm³/mol. The molecule has 1 fully saturated rings. The largest absolute Gasteiger partial charge is 0.491 e. The minimum atomic E-state index is -0.423. The lowest BCUT2D eigenvalue weighted by molar-refractivity contribution is 0.0429. The Kier molecular flexibility index (Phi) is 6.07. The summed E-state index contributed by atoms with van der Waals surface area (Å²) in [6.07, 6.45) is 1.91. The van der Waals surface area contributed by atoms with Gasteiger partial charge in [0.05, 0.1) is 0 Å². The van der Waals surface area contributed by atoms with Crippen molar-refractivity contribution in [3.8, 4) is 5.75 Å². The standard InChI is InChI=1S/C18H29NO2/c1-4-16-5-7-18(8-6-16)21-13-17(20)12-19-10-14(2)9-15(3)11-19/h5-8,14-15,17,20H,4,9-13H2,1-3H3/t14-,15+,17-/m0/s1. The van der Waals surface area contributed by atoms with Gasteiger partial charge in [0.15, 0.2) is 0 Å². The van der Waals surface area contributed by atoms with Crippen molar-refractivity contribution in [2.75, 3.05) is 26.2 Å². The fourth-order valence-corrected chi connectivity index (χ4v) is 3.31. The molecule has 1 saturated heterocycles. The van der Waals surface area contributed by atoms with Crippen molar-refractivity contribution >= 4 is 0 Å². The highest BCUT2D eigenvalue weighted by atomic mass is 16.5. The van der Waals surface area contributed by atoms with Crippen molar-refractivity contribution in [2.24, 2.45) is 11.8 Å². The van der Waals surface area contributed by atoms with E-state index in [2.05, 4.69) is 37.8 Å². The molecule has 0 aromatic heterocycles. The second kappa shape index (κ2) is 7.81. The van der Waals surface area contributed by atoms with E-state index in [4.69, 9.17) is 4.74 Å². The third-order valence-electron chi connectivity index (χ3n) is 4.19. The number of aryl methyl sites for hydroxylation is 1. The molecule has 0 saturated carbocycles. The molecule has 0 radical (unpaired) electrons. The summed E-state index contributed by atoms with van der Waals surface area (Å²) in [4.78, 5) is 2.37. The number of β-amino-alcohol motifs (C(OH)–C–C–N with tert-alkyl or cyclic N) is 1. The summed E-state index contributed by atoms with van der Waals surface area (Å²) < 4.78 is 5.69. The molecule has 3 heteroatoms. The van der Waals surface area contributed by atoms with Gasteiger partial charge >= 0.3 is 0 Å². The first-order valence-electron chi connectivity index (χ1n) is 8.19. The Hall–Kier alpha value is -1.06. The van der Waals surface area contributed by atoms with Gasteiger partial charge in [-0.15, -0.1) is 0 Å². The molecule has 1 aromatic rings. The second-order valence-corrected chi connectivity index (χ2v) is 6.63. The molecule has 1 aliphatic rings. The lowest BCUT2D eigenvalue weighted by Crippen LogP contribution is -2.43. The maximum atomic E-state index is 10.2. The zero-order chi connectivity index (χ0) is 15.2. The molecular weight excluding hydrogens is 262 g/mol. The van der Waals surface area contributed by atoms with E-state index in [-0.39, 0.29) is 0 Å². The summed E-state index contributed by atoms with van der Waals surface area (Å²) >= 11 is 0. The van der Waals surface area contributed by atoms with Crippen molar-refractivity contribution in [1.29, 1.82) is 0 Å². The van der Waals surface area contributed by atoms with E-state index >= 15 is 0 Å². The molecule has 3 nitrogen and oxygen atoms in total. The highest BCUT2D eigenvalue weighted by molar-refractivity contribution is 5.27. The molecule has 0 amide bonds. The van der Waals surface area contributed by atoms with Gasteiger partial charge in [0.1, 0.15) is 18.5 Å². The normalized spacial score (nSPS) is 24.8. The molecule has 0 aliphatic carbocycles. The first-order chi connectivity index (χ1) is 10.1. The zero-order valence-corrected chi connectivity index (χ0v) is 13.6. The fourth-order valence-electron chi connectivity index (χ4n) is 3.31. The predicted octanol–water partition coefficient (Wildman–Crippen LogP) is 2.97. The van der Waals surface area contributed by atoms with Crippen LogP contribution in [0, 0.1) is 11.8 Å². The molecule has 1 aliphatic heterocycles. The van der Waals surface area contributed by atoms with Crippen LogP contribution < -0.4 is 4.74 Å². The Morgan fingerprint density at radius 1 is 1.19 bits per heavy atom. The van der Waals surface area contributed by atoms with Gasteiger partial charge in [-0.05, 0) is 42.4 Å². The van der Waals surface area contributed by atoms with Crippen LogP contribution in [0.2, 0.25) is 0 Å². The monoisotopic (exact) mass is 291 g/mol. The SMILES string of the molecule is CCc1ccc(OC[C@@H](O)CN2C[C@H](C)C[C@H](C)C2)cc1. The van der Waals surface area contributed by atoms with E-state index in [0.717, 1.165) is 37.1 Å². The number of aliphatic hydroxyl groups is 1. The molecule has 0 bridgehead atoms. The lowest BCUT2D eigenvalue weighted by Gasteiger charge is -2.35. The lowest BCUT2D eigenvalue weighted by atomic mass is 9.92. The van der Waals surface area contributed by atoms with Gasteiger partial charge in [-0.3, -0.25) is 0 Å². The van der Waals surface area contributed by atoms with Crippen molar-refractivity contribution in [1.82, 2.24) is 4.90 Å². The first-order valence-corrected chi connectivity index (χ1v) is 8.19. The fraction of sp³-hybridized carbons (Fsp3) is 0.667. The highest BCUT2D eigenvalue weighted by Gasteiger charge is 2.23. The second-order valence-electron chi connectivity index (χ2n) is 6.63. The third kappa shape index (κ3) is 5.33. The summed E-state index contributed by atoms with van der Waals surface area (Å²) in [6, 6.07) is 8.12. The molecule has 0 unspecified atom stereocenters. The van der Waals surface area contributed by atoms with Crippen LogP contribution in [-0.2, 0) is 6.42 Å². The van der Waals surface area contributed by atoms with Crippen molar-refractivity contribution < 1.29 is 9.84 Å². The Balaban J connectivity index is 1.74. The minimum absolute atomic E-state index is 0.366. The van der Waals surface area contributed by atoms with Crippen LogP contribution in [0.25, 0.3) is 0 Å². The number of benzene rings is 1. The van der Waals surface area contributed by atoms with Crippen LogP contribution in [0.15, 0.2) is 24.3 Å². The quantitative estimate of drug-likeness (QED) is 0.874. The van der Waals surface area contributed by atoms with Gasteiger partial charge in [0.25, 0.3) is 0 Å². The highest BCUT2D eigenvalue weighted by Crippen LogP contribution is 2.21. The number of hydrogen-bond acceptors (Lipinski definition) is 3. The molecule has 1 aromatic carbocycles. The van der Waals surface area contributed by atoms with E-state index in [0.29, 0.717) is 13.2 Å². The summed E-state index contributed by atoms with van der Waals surface area (Å²) in [7, 11) is 0. The number of aliphatic hydroxyl groups excluding tert-OH is 1. The van der Waals surface area contributed by atoms with Gasteiger partial charge in [-0.2, -0.15) is 0 Å². The maximum absolute atomic E-state index is 10.2. The third-order valence-corrected chi connectivity index (χ3v) is 4.19. The van der Waals surface area contributed by atoms with Gasteiger partial charge in [-0.1, -0.05) is 32.9 Å². The molecular formula is C18H29NO2. The molecule has 118 valence electrons. The Labute approximate surface area is 128 Å². The van der Waals surface area contributed by atoms with Crippen LogP contribution >= 0.6 is 0 Å². The van der Waals surface area contributed by atoms with Gasteiger partial charge in [0, 0.05) is 19.6 Å². The molecule has 1 N–H and O–H groups in total. The zero-order valence-electron chi connectivity index (χ0n) is 13.6. The topological polar surface area (TPSA) is 32.7 Å². The number of likely N-dealkylation sites (tertiary alicyclic amines) is 1. The van der Waals surface area contributed by atoms with E-state index in [9.17, 15) is 5.11 Å². The van der Waals surface area contributed by atoms with Crippen LogP contribution in [0.1, 0.15) is 32.8 Å². The van der Waals surface area contributed by atoms with E-state index < -0.39 is 6.10 Å². The Morgan fingerprint density at radius 3 is 2.38 bits per heavy atom. The average molecular weight is 291 g/mol. The number of nitrogens with zero attached hydrogens (tertiary/aromatic N) is 1. The number of rotatable bonds is 6. The van der Waals surface area contributed by atoms with E-state index in [1.807, 2.05) is 12.1 Å². The maximum Gasteiger partial charge on any atom is 0.119 e. The summed E-state index contributed by atoms with van der Waals surface area (Å²) in [5.41, 5.74) is 1.30. The Bertz CT molecular complexity index is 408. The van der Waals surface area contributed by atoms with Crippen LogP contribution in [0.4, 0.5) is 0 Å². The van der Waals surface area contributed by atoms with E-state index in [1.165, 1.54) is 12.0 Å². The van der Waals surface area contributed by atoms with Gasteiger partial charge < -0.3 is 14.7 Å². The number of ether oxygens (including phenoxy) is 1.